The highest BCUT2D eigenvalue weighted by atomic mass is 16.2. The molecule has 22 heavy (non-hydrogen) atoms. The summed E-state index contributed by atoms with van der Waals surface area (Å²) in [6.07, 6.45) is 8.82. The van der Waals surface area contributed by atoms with Gasteiger partial charge in [0, 0.05) is 38.6 Å². The predicted molar refractivity (Wildman–Crippen MR) is 90.9 cm³/mol. The molecule has 0 aromatic heterocycles. The highest BCUT2D eigenvalue weighted by Crippen LogP contribution is 2.20. The van der Waals surface area contributed by atoms with Crippen LogP contribution in [0.3, 0.4) is 0 Å². The van der Waals surface area contributed by atoms with Crippen molar-refractivity contribution in [2.45, 2.75) is 58.4 Å². The lowest BCUT2D eigenvalue weighted by atomic mass is 10.2. The fraction of sp³-hybridized carbons (Fsp3) is 0.765. The molecular weight excluding hydrogens is 276 g/mol. The Kier molecular flexibility index (Phi) is 6.74. The van der Waals surface area contributed by atoms with E-state index in [1.165, 1.54) is 19.3 Å². The molecule has 5 nitrogen and oxygen atoms in total. The number of nitrogens with zero attached hydrogens (tertiary/aromatic N) is 2. The van der Waals surface area contributed by atoms with E-state index in [1.807, 2.05) is 11.8 Å². The second-order valence-corrected chi connectivity index (χ2v) is 6.09. The van der Waals surface area contributed by atoms with Gasteiger partial charge in [-0.3, -0.25) is 9.79 Å². The molecule has 2 N–H and O–H groups in total. The Labute approximate surface area is 134 Å². The molecule has 1 aliphatic carbocycles. The van der Waals surface area contributed by atoms with E-state index in [0.717, 1.165) is 45.0 Å². The van der Waals surface area contributed by atoms with Crippen LogP contribution in [-0.4, -0.2) is 49.0 Å². The Bertz CT molecular complexity index is 430. The number of carbonyl (C=O) groups excluding carboxylic acids is 1. The zero-order chi connectivity index (χ0) is 15.8. The second-order valence-electron chi connectivity index (χ2n) is 6.09. The number of hydrogen-bond donors (Lipinski definition) is 2. The van der Waals surface area contributed by atoms with Crippen LogP contribution in [0.25, 0.3) is 0 Å². The topological polar surface area (TPSA) is 56.7 Å². The van der Waals surface area contributed by atoms with Gasteiger partial charge in [0.15, 0.2) is 5.96 Å². The summed E-state index contributed by atoms with van der Waals surface area (Å²) in [4.78, 5) is 18.4. The quantitative estimate of drug-likeness (QED) is 0.449. The molecule has 1 heterocycles. The van der Waals surface area contributed by atoms with E-state index < -0.39 is 0 Å². The minimum absolute atomic E-state index is 0.249. The number of nitrogens with one attached hydrogen (secondary N) is 2. The average molecular weight is 306 g/mol. The molecule has 2 aliphatic rings. The summed E-state index contributed by atoms with van der Waals surface area (Å²) < 4.78 is 0. The number of amides is 1. The molecular formula is C17H30N4O. The van der Waals surface area contributed by atoms with Gasteiger partial charge in [0.2, 0.25) is 5.91 Å². The van der Waals surface area contributed by atoms with Crippen LogP contribution < -0.4 is 10.6 Å². The number of carbonyl (C=O) groups is 1. The molecule has 0 spiro atoms. The molecule has 0 aromatic rings. The Balaban J connectivity index is 1.79. The lowest BCUT2D eigenvalue weighted by Crippen LogP contribution is -2.45. The summed E-state index contributed by atoms with van der Waals surface area (Å²) in [6, 6.07) is 0.319. The van der Waals surface area contributed by atoms with Crippen LogP contribution in [0.5, 0.6) is 0 Å². The van der Waals surface area contributed by atoms with E-state index in [-0.39, 0.29) is 5.91 Å². The largest absolute Gasteiger partial charge is 0.357 e. The standard InChI is InChI=1S/C17H30N4O/c1-3-16(22)21-12-10-15(13-21)20-17(18-4-2)19-11-9-14-7-5-6-8-14/h7,15H,3-6,8-13H2,1-2H3,(H2,18,19,20). The third-order valence-electron chi connectivity index (χ3n) is 4.37. The lowest BCUT2D eigenvalue weighted by molar-refractivity contribution is -0.129. The molecule has 1 fully saturated rings. The van der Waals surface area contributed by atoms with E-state index in [4.69, 9.17) is 0 Å². The molecule has 1 amide bonds. The van der Waals surface area contributed by atoms with Crippen molar-refractivity contribution < 1.29 is 4.79 Å². The molecule has 0 radical (unpaired) electrons. The Morgan fingerprint density at radius 3 is 3.00 bits per heavy atom. The molecule has 5 heteroatoms. The van der Waals surface area contributed by atoms with Crippen molar-refractivity contribution in [1.29, 1.82) is 0 Å². The van der Waals surface area contributed by atoms with Gasteiger partial charge in [-0.1, -0.05) is 18.6 Å². The number of guanidine groups is 1. The molecule has 1 saturated heterocycles. The average Bonchev–Trinajstić information content (AvgIpc) is 3.18. The first kappa shape index (κ1) is 16.8. The smallest absolute Gasteiger partial charge is 0.222 e. The summed E-state index contributed by atoms with van der Waals surface area (Å²) in [7, 11) is 0. The Hall–Kier alpha value is -1.52. The number of allylic oxidation sites excluding steroid dienone is 1. The van der Waals surface area contributed by atoms with Crippen molar-refractivity contribution in [3.8, 4) is 0 Å². The van der Waals surface area contributed by atoms with E-state index in [9.17, 15) is 4.79 Å². The maximum absolute atomic E-state index is 11.7. The third-order valence-corrected chi connectivity index (χ3v) is 4.37. The minimum Gasteiger partial charge on any atom is -0.357 e. The molecule has 124 valence electrons. The number of hydrogen-bond acceptors (Lipinski definition) is 2. The number of likely N-dealkylation sites (tertiary alicyclic amines) is 1. The molecule has 0 bridgehead atoms. The van der Waals surface area contributed by atoms with Crippen molar-refractivity contribution in [3.63, 3.8) is 0 Å². The van der Waals surface area contributed by atoms with Gasteiger partial charge in [0.25, 0.3) is 0 Å². The normalized spacial score (nSPS) is 21.9. The van der Waals surface area contributed by atoms with Crippen LogP contribution in [0.15, 0.2) is 16.6 Å². The lowest BCUT2D eigenvalue weighted by Gasteiger charge is -2.18. The van der Waals surface area contributed by atoms with Crippen LogP contribution in [0.2, 0.25) is 0 Å². The molecule has 1 atom stereocenters. The van der Waals surface area contributed by atoms with Crippen molar-refractivity contribution in [2.24, 2.45) is 4.99 Å². The summed E-state index contributed by atoms with van der Waals surface area (Å²) >= 11 is 0. The van der Waals surface area contributed by atoms with Crippen molar-refractivity contribution in [3.05, 3.63) is 11.6 Å². The van der Waals surface area contributed by atoms with Crippen molar-refractivity contribution >= 4 is 11.9 Å². The van der Waals surface area contributed by atoms with Crippen molar-refractivity contribution in [2.75, 3.05) is 26.2 Å². The van der Waals surface area contributed by atoms with Gasteiger partial charge in [0.05, 0.1) is 0 Å². The van der Waals surface area contributed by atoms with Gasteiger partial charge in [0.1, 0.15) is 0 Å². The summed E-state index contributed by atoms with van der Waals surface area (Å²) in [5, 5.41) is 6.79. The summed E-state index contributed by atoms with van der Waals surface area (Å²) in [5.41, 5.74) is 1.56. The molecule has 1 aliphatic heterocycles. The monoisotopic (exact) mass is 306 g/mol. The fourth-order valence-electron chi connectivity index (χ4n) is 3.12. The highest BCUT2D eigenvalue weighted by molar-refractivity contribution is 5.80. The summed E-state index contributed by atoms with van der Waals surface area (Å²) in [6.45, 7) is 7.35. The van der Waals surface area contributed by atoms with Crippen LogP contribution in [0.4, 0.5) is 0 Å². The van der Waals surface area contributed by atoms with Crippen LogP contribution in [-0.2, 0) is 4.79 Å². The van der Waals surface area contributed by atoms with Crippen LogP contribution in [0.1, 0.15) is 52.4 Å². The maximum Gasteiger partial charge on any atom is 0.222 e. The SMILES string of the molecule is CCNC(=NCCC1=CCCC1)NC1CCN(C(=O)CC)C1. The van der Waals surface area contributed by atoms with E-state index >= 15 is 0 Å². The van der Waals surface area contributed by atoms with Gasteiger partial charge in [-0.25, -0.2) is 0 Å². The molecule has 1 unspecified atom stereocenters. The van der Waals surface area contributed by atoms with Gasteiger partial charge in [-0.15, -0.1) is 0 Å². The first-order chi connectivity index (χ1) is 10.7. The maximum atomic E-state index is 11.7. The van der Waals surface area contributed by atoms with Gasteiger partial charge >= 0.3 is 0 Å². The summed E-state index contributed by atoms with van der Waals surface area (Å²) in [5.74, 6) is 1.14. The van der Waals surface area contributed by atoms with E-state index in [2.05, 4.69) is 28.6 Å². The van der Waals surface area contributed by atoms with Gasteiger partial charge < -0.3 is 15.5 Å². The molecule has 0 saturated carbocycles. The molecule has 0 aromatic carbocycles. The van der Waals surface area contributed by atoms with Crippen LogP contribution >= 0.6 is 0 Å². The zero-order valence-corrected chi connectivity index (χ0v) is 14.0. The predicted octanol–water partition coefficient (Wildman–Crippen LogP) is 2.05. The Morgan fingerprint density at radius 2 is 2.32 bits per heavy atom. The Morgan fingerprint density at radius 1 is 1.45 bits per heavy atom. The van der Waals surface area contributed by atoms with Crippen molar-refractivity contribution in [1.82, 2.24) is 15.5 Å². The molecule has 2 rings (SSSR count). The van der Waals surface area contributed by atoms with Crippen LogP contribution in [0, 0.1) is 0 Å². The van der Waals surface area contributed by atoms with E-state index in [0.29, 0.717) is 12.5 Å². The third kappa shape index (κ3) is 5.04. The van der Waals surface area contributed by atoms with Gasteiger partial charge in [-0.2, -0.15) is 0 Å². The number of rotatable bonds is 6. The first-order valence-electron chi connectivity index (χ1n) is 8.73. The second kappa shape index (κ2) is 8.81. The first-order valence-corrected chi connectivity index (χ1v) is 8.73. The minimum atomic E-state index is 0.249. The van der Waals surface area contributed by atoms with Gasteiger partial charge in [-0.05, 0) is 39.0 Å². The highest BCUT2D eigenvalue weighted by Gasteiger charge is 2.25. The zero-order valence-electron chi connectivity index (χ0n) is 14.0. The fourth-order valence-corrected chi connectivity index (χ4v) is 3.12. The van der Waals surface area contributed by atoms with E-state index in [1.54, 1.807) is 5.57 Å². The number of aliphatic imine (C=N–C) groups is 1.